The summed E-state index contributed by atoms with van der Waals surface area (Å²) < 4.78 is 7.55. The maximum Gasteiger partial charge on any atom is 0.342 e. The van der Waals surface area contributed by atoms with Crippen LogP contribution >= 0.6 is 0 Å². The third-order valence-corrected chi connectivity index (χ3v) is 4.55. The minimum atomic E-state index is -0.288. The molecule has 2 heterocycles. The summed E-state index contributed by atoms with van der Waals surface area (Å²) in [7, 11) is 0. The molecule has 4 rings (SSSR count). The van der Waals surface area contributed by atoms with Crippen LogP contribution in [-0.2, 0) is 24.3 Å². The van der Waals surface area contributed by atoms with Gasteiger partial charge in [-0.25, -0.2) is 4.79 Å². The Kier molecular flexibility index (Phi) is 4.10. The van der Waals surface area contributed by atoms with Gasteiger partial charge < -0.3 is 4.74 Å². The number of hydrogen-bond donors (Lipinski definition) is 0. The molecule has 126 valence electrons. The average Bonchev–Trinajstić information content (AvgIpc) is 3.21. The first-order chi connectivity index (χ1) is 12.2. The number of aryl methyl sites for hydroxylation is 2. The third kappa shape index (κ3) is 3.07. The number of aromatic nitrogens is 2. The maximum atomic E-state index is 12.8. The smallest absolute Gasteiger partial charge is 0.342 e. The van der Waals surface area contributed by atoms with Gasteiger partial charge in [-0.3, -0.25) is 4.68 Å². The number of nitrogens with zero attached hydrogens (tertiary/aromatic N) is 2. The number of ether oxygens (including phenoxy) is 1. The number of rotatable bonds is 4. The molecule has 0 atom stereocenters. The van der Waals surface area contributed by atoms with Gasteiger partial charge >= 0.3 is 5.97 Å². The lowest BCUT2D eigenvalue weighted by molar-refractivity contribution is 0.0472. The van der Waals surface area contributed by atoms with Crippen LogP contribution in [0.15, 0.2) is 54.6 Å². The Balaban J connectivity index is 1.67. The molecule has 2 aromatic carbocycles. The highest BCUT2D eigenvalue weighted by molar-refractivity contribution is 5.97. The van der Waals surface area contributed by atoms with Crippen LogP contribution in [0.1, 0.15) is 33.6 Å². The molecule has 4 heteroatoms. The number of fused-ring (bicyclic) bond motifs is 1. The molecule has 1 aliphatic heterocycles. The van der Waals surface area contributed by atoms with Crippen molar-refractivity contribution in [1.29, 1.82) is 0 Å². The van der Waals surface area contributed by atoms with E-state index in [4.69, 9.17) is 9.84 Å². The van der Waals surface area contributed by atoms with Crippen LogP contribution in [-0.4, -0.2) is 15.7 Å². The average molecular weight is 332 g/mol. The van der Waals surface area contributed by atoms with Gasteiger partial charge in [-0.2, -0.15) is 5.10 Å². The standard InChI is InChI=1S/C21H20N2O2/c1-15-7-5-10-17(13-15)20-19(18-11-6-12-23(18)22-20)21(24)25-14-16-8-3-2-4-9-16/h2-5,7-10,13H,6,11-12,14H2,1H3. The zero-order valence-electron chi connectivity index (χ0n) is 14.2. The van der Waals surface area contributed by atoms with Crippen LogP contribution in [0.5, 0.6) is 0 Å². The van der Waals surface area contributed by atoms with Crippen molar-refractivity contribution >= 4 is 5.97 Å². The van der Waals surface area contributed by atoms with Gasteiger partial charge in [0.15, 0.2) is 0 Å². The fraction of sp³-hybridized carbons (Fsp3) is 0.238. The molecule has 0 aliphatic carbocycles. The Hall–Kier alpha value is -2.88. The van der Waals surface area contributed by atoms with E-state index >= 15 is 0 Å². The van der Waals surface area contributed by atoms with Crippen molar-refractivity contribution < 1.29 is 9.53 Å². The van der Waals surface area contributed by atoms with Crippen LogP contribution in [0.4, 0.5) is 0 Å². The number of carbonyl (C=O) groups excluding carboxylic acids is 1. The van der Waals surface area contributed by atoms with Gasteiger partial charge in [0.2, 0.25) is 0 Å². The highest BCUT2D eigenvalue weighted by Gasteiger charge is 2.28. The van der Waals surface area contributed by atoms with Crippen molar-refractivity contribution in [3.63, 3.8) is 0 Å². The highest BCUT2D eigenvalue weighted by Crippen LogP contribution is 2.30. The van der Waals surface area contributed by atoms with E-state index < -0.39 is 0 Å². The van der Waals surface area contributed by atoms with Crippen molar-refractivity contribution in [1.82, 2.24) is 9.78 Å². The molecule has 1 aromatic heterocycles. The summed E-state index contributed by atoms with van der Waals surface area (Å²) in [4.78, 5) is 12.8. The van der Waals surface area contributed by atoms with E-state index in [9.17, 15) is 4.79 Å². The SMILES string of the molecule is Cc1cccc(-c2nn3c(c2C(=O)OCc2ccccc2)CCC3)c1. The van der Waals surface area contributed by atoms with Gasteiger partial charge in [-0.1, -0.05) is 54.1 Å². The second kappa shape index (κ2) is 6.55. The molecule has 0 saturated carbocycles. The minimum Gasteiger partial charge on any atom is -0.457 e. The molecule has 0 saturated heterocycles. The molecule has 0 N–H and O–H groups in total. The Morgan fingerprint density at radius 1 is 1.16 bits per heavy atom. The highest BCUT2D eigenvalue weighted by atomic mass is 16.5. The summed E-state index contributed by atoms with van der Waals surface area (Å²) in [6.45, 7) is 3.18. The fourth-order valence-corrected chi connectivity index (χ4v) is 3.34. The summed E-state index contributed by atoms with van der Waals surface area (Å²) in [6.07, 6.45) is 1.89. The van der Waals surface area contributed by atoms with Crippen molar-refractivity contribution in [3.05, 3.63) is 77.0 Å². The molecule has 0 bridgehead atoms. The van der Waals surface area contributed by atoms with E-state index in [-0.39, 0.29) is 12.6 Å². The summed E-state index contributed by atoms with van der Waals surface area (Å²) in [5.74, 6) is -0.288. The van der Waals surface area contributed by atoms with Crippen LogP contribution in [0.2, 0.25) is 0 Å². The van der Waals surface area contributed by atoms with Gasteiger partial charge in [0.25, 0.3) is 0 Å². The van der Waals surface area contributed by atoms with Crippen LogP contribution in [0.3, 0.4) is 0 Å². The summed E-state index contributed by atoms with van der Waals surface area (Å²) in [5.41, 5.74) is 5.45. The molecular weight excluding hydrogens is 312 g/mol. The maximum absolute atomic E-state index is 12.8. The second-order valence-electron chi connectivity index (χ2n) is 6.43. The first kappa shape index (κ1) is 15.6. The number of hydrogen-bond acceptors (Lipinski definition) is 3. The molecule has 4 nitrogen and oxygen atoms in total. The topological polar surface area (TPSA) is 44.1 Å². The minimum absolute atomic E-state index is 0.275. The quantitative estimate of drug-likeness (QED) is 0.674. The molecule has 25 heavy (non-hydrogen) atoms. The fourth-order valence-electron chi connectivity index (χ4n) is 3.34. The number of esters is 1. The predicted octanol–water partition coefficient (Wildman–Crippen LogP) is 4.16. The lowest BCUT2D eigenvalue weighted by atomic mass is 10.0. The number of carbonyl (C=O) groups is 1. The molecule has 3 aromatic rings. The predicted molar refractivity (Wildman–Crippen MR) is 96.3 cm³/mol. The molecule has 1 aliphatic rings. The first-order valence-corrected chi connectivity index (χ1v) is 8.60. The van der Waals surface area contributed by atoms with Gasteiger partial charge in [-0.15, -0.1) is 0 Å². The van der Waals surface area contributed by atoms with Gasteiger partial charge in [0, 0.05) is 12.1 Å². The van der Waals surface area contributed by atoms with E-state index in [0.29, 0.717) is 5.56 Å². The first-order valence-electron chi connectivity index (χ1n) is 8.60. The lowest BCUT2D eigenvalue weighted by Crippen LogP contribution is -2.08. The molecule has 0 unspecified atom stereocenters. The van der Waals surface area contributed by atoms with Crippen molar-refractivity contribution in [2.45, 2.75) is 32.9 Å². The van der Waals surface area contributed by atoms with Crippen molar-refractivity contribution in [3.8, 4) is 11.3 Å². The molecule has 0 spiro atoms. The molecular formula is C21H20N2O2. The molecule has 0 radical (unpaired) electrons. The Morgan fingerprint density at radius 3 is 2.80 bits per heavy atom. The summed E-state index contributed by atoms with van der Waals surface area (Å²) >= 11 is 0. The Labute approximate surface area is 147 Å². The Morgan fingerprint density at radius 2 is 2.00 bits per heavy atom. The van der Waals surface area contributed by atoms with Crippen molar-refractivity contribution in [2.24, 2.45) is 0 Å². The zero-order chi connectivity index (χ0) is 17.2. The van der Waals surface area contributed by atoms with Gasteiger partial charge in [0.05, 0.1) is 5.69 Å². The van der Waals surface area contributed by atoms with Crippen LogP contribution < -0.4 is 0 Å². The summed E-state index contributed by atoms with van der Waals surface area (Å²) in [6, 6.07) is 17.8. The van der Waals surface area contributed by atoms with E-state index in [1.807, 2.05) is 60.1 Å². The zero-order valence-corrected chi connectivity index (χ0v) is 14.2. The molecule has 0 fully saturated rings. The van der Waals surface area contributed by atoms with E-state index in [2.05, 4.69) is 6.07 Å². The number of benzene rings is 2. The molecule has 0 amide bonds. The van der Waals surface area contributed by atoms with Crippen LogP contribution in [0.25, 0.3) is 11.3 Å². The van der Waals surface area contributed by atoms with E-state index in [1.165, 1.54) is 0 Å². The van der Waals surface area contributed by atoms with Crippen LogP contribution in [0, 0.1) is 6.92 Å². The largest absolute Gasteiger partial charge is 0.457 e. The third-order valence-electron chi connectivity index (χ3n) is 4.55. The summed E-state index contributed by atoms with van der Waals surface area (Å²) in [5, 5.41) is 4.69. The van der Waals surface area contributed by atoms with E-state index in [1.54, 1.807) is 0 Å². The monoisotopic (exact) mass is 332 g/mol. The Bertz CT molecular complexity index is 913. The van der Waals surface area contributed by atoms with Crippen molar-refractivity contribution in [2.75, 3.05) is 0 Å². The lowest BCUT2D eigenvalue weighted by Gasteiger charge is -2.07. The normalized spacial score (nSPS) is 12.8. The van der Waals surface area contributed by atoms with Gasteiger partial charge in [-0.05, 0) is 31.4 Å². The van der Waals surface area contributed by atoms with E-state index in [0.717, 1.165) is 47.5 Å². The van der Waals surface area contributed by atoms with Gasteiger partial charge in [0.1, 0.15) is 17.9 Å². The second-order valence-corrected chi connectivity index (χ2v) is 6.43.